The lowest BCUT2D eigenvalue weighted by Gasteiger charge is -2.30. The fraction of sp³-hybridized carbons (Fsp3) is 0.167. The predicted molar refractivity (Wildman–Crippen MR) is 120 cm³/mol. The number of amides is 3. The molecule has 1 aliphatic heterocycles. The van der Waals surface area contributed by atoms with Crippen molar-refractivity contribution in [3.8, 4) is 0 Å². The maximum Gasteiger partial charge on any atom is 0.319 e. The molecule has 30 heavy (non-hydrogen) atoms. The highest BCUT2D eigenvalue weighted by molar-refractivity contribution is 6.30. The van der Waals surface area contributed by atoms with Gasteiger partial charge in [0.05, 0.1) is 0 Å². The molecule has 2 N–H and O–H groups in total. The highest BCUT2D eigenvalue weighted by atomic mass is 35.5. The van der Waals surface area contributed by atoms with Crippen LogP contribution in [0, 0.1) is 0 Å². The molecule has 3 amide bonds. The average Bonchev–Trinajstić information content (AvgIpc) is 2.78. The molecule has 3 aromatic rings. The van der Waals surface area contributed by atoms with Crippen molar-refractivity contribution in [2.24, 2.45) is 0 Å². The van der Waals surface area contributed by atoms with E-state index in [4.69, 9.17) is 11.6 Å². The molecule has 0 unspecified atom stereocenters. The quantitative estimate of drug-likeness (QED) is 0.606. The zero-order valence-corrected chi connectivity index (χ0v) is 17.2. The van der Waals surface area contributed by atoms with E-state index in [0.29, 0.717) is 29.4 Å². The number of hydrogen-bond acceptors (Lipinski definition) is 2. The molecule has 0 aromatic heterocycles. The summed E-state index contributed by atoms with van der Waals surface area (Å²) < 4.78 is 0. The van der Waals surface area contributed by atoms with Gasteiger partial charge in [0.25, 0.3) is 5.91 Å². The first-order valence-electron chi connectivity index (χ1n) is 9.89. The molecule has 152 valence electrons. The van der Waals surface area contributed by atoms with Crippen molar-refractivity contribution in [3.63, 3.8) is 0 Å². The van der Waals surface area contributed by atoms with Gasteiger partial charge in [-0.3, -0.25) is 4.79 Å². The minimum Gasteiger partial charge on any atom is -0.334 e. The molecular formula is C24H22ClN3O2. The van der Waals surface area contributed by atoms with Crippen molar-refractivity contribution in [2.75, 3.05) is 16.8 Å². The maximum atomic E-state index is 12.9. The van der Waals surface area contributed by atoms with Gasteiger partial charge in [-0.15, -0.1) is 0 Å². The monoisotopic (exact) mass is 419 g/mol. The summed E-state index contributed by atoms with van der Waals surface area (Å²) in [4.78, 5) is 27.0. The number of nitrogens with one attached hydrogen (secondary N) is 2. The highest BCUT2D eigenvalue weighted by Crippen LogP contribution is 2.30. The molecule has 3 aromatic carbocycles. The van der Waals surface area contributed by atoms with Gasteiger partial charge >= 0.3 is 6.03 Å². The van der Waals surface area contributed by atoms with Gasteiger partial charge in [-0.1, -0.05) is 41.9 Å². The van der Waals surface area contributed by atoms with Crippen molar-refractivity contribution in [1.29, 1.82) is 0 Å². The van der Waals surface area contributed by atoms with Crippen LogP contribution in [-0.4, -0.2) is 18.5 Å². The van der Waals surface area contributed by atoms with Crippen LogP contribution in [0.4, 0.5) is 16.2 Å². The smallest absolute Gasteiger partial charge is 0.319 e. The van der Waals surface area contributed by atoms with E-state index >= 15 is 0 Å². The largest absolute Gasteiger partial charge is 0.334 e. The van der Waals surface area contributed by atoms with Crippen molar-refractivity contribution in [1.82, 2.24) is 5.32 Å². The molecule has 4 rings (SSSR count). The summed E-state index contributed by atoms with van der Waals surface area (Å²) in [5.74, 6) is -0.00188. The number of anilines is 2. The summed E-state index contributed by atoms with van der Waals surface area (Å²) in [6, 6.07) is 22.0. The maximum absolute atomic E-state index is 12.9. The molecule has 1 heterocycles. The van der Waals surface area contributed by atoms with Crippen LogP contribution in [0.15, 0.2) is 72.8 Å². The SMILES string of the molecule is O=C(NCc1ccc(Cl)cc1)Nc1ccc2c(c1)CCCN2C(=O)c1ccccc1. The van der Waals surface area contributed by atoms with Crippen LogP contribution in [0.5, 0.6) is 0 Å². The summed E-state index contributed by atoms with van der Waals surface area (Å²) in [6.45, 7) is 1.10. The Morgan fingerprint density at radius 3 is 2.50 bits per heavy atom. The molecule has 0 bridgehead atoms. The Kier molecular flexibility index (Phi) is 6.00. The lowest BCUT2D eigenvalue weighted by molar-refractivity contribution is 0.0985. The number of halogens is 1. The normalized spacial score (nSPS) is 12.8. The number of carbonyl (C=O) groups excluding carboxylic acids is 2. The van der Waals surface area contributed by atoms with Crippen LogP contribution in [0.25, 0.3) is 0 Å². The second-order valence-corrected chi connectivity index (χ2v) is 7.64. The third-order valence-corrected chi connectivity index (χ3v) is 5.34. The molecule has 0 aliphatic carbocycles. The first-order chi connectivity index (χ1) is 14.6. The van der Waals surface area contributed by atoms with Gasteiger partial charge in [-0.2, -0.15) is 0 Å². The molecule has 0 saturated heterocycles. The summed E-state index contributed by atoms with van der Waals surface area (Å²) in [5.41, 5.74) is 4.31. The van der Waals surface area contributed by atoms with Gasteiger partial charge in [0.2, 0.25) is 0 Å². The number of carbonyl (C=O) groups is 2. The minimum atomic E-state index is -0.280. The van der Waals surface area contributed by atoms with E-state index in [1.807, 2.05) is 65.6 Å². The molecular weight excluding hydrogens is 398 g/mol. The van der Waals surface area contributed by atoms with Crippen LogP contribution in [-0.2, 0) is 13.0 Å². The second-order valence-electron chi connectivity index (χ2n) is 7.20. The van der Waals surface area contributed by atoms with Gasteiger partial charge in [0.15, 0.2) is 0 Å². The topological polar surface area (TPSA) is 61.4 Å². The number of rotatable bonds is 4. The Labute approximate surface area is 180 Å². The fourth-order valence-electron chi connectivity index (χ4n) is 3.58. The Bertz CT molecular complexity index is 1050. The lowest BCUT2D eigenvalue weighted by atomic mass is 10.00. The van der Waals surface area contributed by atoms with Crippen LogP contribution >= 0.6 is 11.6 Å². The third-order valence-electron chi connectivity index (χ3n) is 5.09. The fourth-order valence-corrected chi connectivity index (χ4v) is 3.71. The average molecular weight is 420 g/mol. The Morgan fingerprint density at radius 2 is 1.73 bits per heavy atom. The zero-order valence-electron chi connectivity index (χ0n) is 16.4. The van der Waals surface area contributed by atoms with Gasteiger partial charge < -0.3 is 15.5 Å². The van der Waals surface area contributed by atoms with E-state index in [2.05, 4.69) is 10.6 Å². The van der Waals surface area contributed by atoms with Crippen molar-refractivity contribution < 1.29 is 9.59 Å². The van der Waals surface area contributed by atoms with Crippen LogP contribution in [0.3, 0.4) is 0 Å². The first kappa shape index (κ1) is 20.0. The number of nitrogens with zero attached hydrogens (tertiary/aromatic N) is 1. The number of urea groups is 1. The van der Waals surface area contributed by atoms with E-state index in [-0.39, 0.29) is 11.9 Å². The summed E-state index contributed by atoms with van der Waals surface area (Å²) in [7, 11) is 0. The van der Waals surface area contributed by atoms with Crippen LogP contribution < -0.4 is 15.5 Å². The van der Waals surface area contributed by atoms with E-state index in [1.165, 1.54) is 0 Å². The minimum absolute atomic E-state index is 0.00188. The second kappa shape index (κ2) is 9.01. The van der Waals surface area contributed by atoms with Crippen molar-refractivity contribution in [2.45, 2.75) is 19.4 Å². The molecule has 0 saturated carbocycles. The Morgan fingerprint density at radius 1 is 0.967 bits per heavy atom. The Balaban J connectivity index is 1.42. The molecule has 0 atom stereocenters. The summed E-state index contributed by atoms with van der Waals surface area (Å²) in [5, 5.41) is 6.37. The molecule has 0 radical (unpaired) electrons. The lowest BCUT2D eigenvalue weighted by Crippen LogP contribution is -2.35. The number of hydrogen-bond donors (Lipinski definition) is 2. The van der Waals surface area contributed by atoms with E-state index in [0.717, 1.165) is 29.7 Å². The van der Waals surface area contributed by atoms with Gasteiger partial charge in [-0.25, -0.2) is 4.79 Å². The summed E-state index contributed by atoms with van der Waals surface area (Å²) in [6.07, 6.45) is 1.76. The number of fused-ring (bicyclic) bond motifs is 1. The van der Waals surface area contributed by atoms with E-state index in [1.54, 1.807) is 12.1 Å². The van der Waals surface area contributed by atoms with Crippen molar-refractivity contribution >= 4 is 34.9 Å². The molecule has 5 nitrogen and oxygen atoms in total. The molecule has 0 spiro atoms. The third kappa shape index (κ3) is 4.63. The van der Waals surface area contributed by atoms with Crippen molar-refractivity contribution in [3.05, 3.63) is 94.5 Å². The van der Waals surface area contributed by atoms with Crippen LogP contribution in [0.2, 0.25) is 5.02 Å². The number of aryl methyl sites for hydroxylation is 1. The van der Waals surface area contributed by atoms with E-state index < -0.39 is 0 Å². The Hall–Kier alpha value is -3.31. The zero-order chi connectivity index (χ0) is 20.9. The molecule has 6 heteroatoms. The molecule has 0 fully saturated rings. The highest BCUT2D eigenvalue weighted by Gasteiger charge is 2.23. The van der Waals surface area contributed by atoms with Gasteiger partial charge in [0, 0.05) is 35.1 Å². The molecule has 1 aliphatic rings. The van der Waals surface area contributed by atoms with Gasteiger partial charge in [0.1, 0.15) is 0 Å². The first-order valence-corrected chi connectivity index (χ1v) is 10.3. The summed E-state index contributed by atoms with van der Waals surface area (Å²) >= 11 is 5.88. The van der Waals surface area contributed by atoms with Crippen LogP contribution in [0.1, 0.15) is 27.9 Å². The standard InChI is InChI=1S/C24H22ClN3O2/c25-20-10-8-17(9-11-20)16-26-24(30)27-21-12-13-22-19(15-21)7-4-14-28(22)23(29)18-5-2-1-3-6-18/h1-3,5-6,8-13,15H,4,7,14,16H2,(H2,26,27,30). The predicted octanol–water partition coefficient (Wildman–Crippen LogP) is 5.25. The number of benzene rings is 3. The van der Waals surface area contributed by atoms with E-state index in [9.17, 15) is 9.59 Å². The van der Waals surface area contributed by atoms with Gasteiger partial charge in [-0.05, 0) is 66.4 Å².